The molecule has 0 saturated carbocycles. The Morgan fingerprint density at radius 1 is 1.50 bits per heavy atom. The zero-order chi connectivity index (χ0) is 11.8. The molecule has 0 aromatic rings. The van der Waals surface area contributed by atoms with Crippen molar-refractivity contribution in [3.8, 4) is 0 Å². The Morgan fingerprint density at radius 2 is 2.31 bits per heavy atom. The Bertz CT molecular complexity index is 211. The molecule has 94 valence electrons. The van der Waals surface area contributed by atoms with Gasteiger partial charge in [-0.3, -0.25) is 9.69 Å². The third-order valence-electron chi connectivity index (χ3n) is 3.23. The van der Waals surface area contributed by atoms with Crippen LogP contribution in [0, 0.1) is 0 Å². The molecule has 0 aliphatic carbocycles. The van der Waals surface area contributed by atoms with Crippen molar-refractivity contribution in [1.29, 1.82) is 0 Å². The first-order valence-corrected chi connectivity index (χ1v) is 6.88. The van der Waals surface area contributed by atoms with Crippen LogP contribution in [0.3, 0.4) is 0 Å². The number of carbonyl (C=O) groups excluding carboxylic acids is 1. The lowest BCUT2D eigenvalue weighted by Crippen LogP contribution is -2.39. The highest BCUT2D eigenvalue weighted by Gasteiger charge is 2.22. The van der Waals surface area contributed by atoms with E-state index in [1.807, 2.05) is 0 Å². The summed E-state index contributed by atoms with van der Waals surface area (Å²) in [6.07, 6.45) is 4.93. The second-order valence-electron chi connectivity index (χ2n) is 4.37. The molecule has 1 unspecified atom stereocenters. The molecule has 1 rings (SSSR count). The zero-order valence-corrected chi connectivity index (χ0v) is 10.9. The van der Waals surface area contributed by atoms with E-state index in [0.29, 0.717) is 18.3 Å². The smallest absolute Gasteiger partial charge is 0.220 e. The fourth-order valence-corrected chi connectivity index (χ4v) is 2.43. The molecule has 1 amide bonds. The van der Waals surface area contributed by atoms with Crippen LogP contribution in [0.4, 0.5) is 0 Å². The molecule has 16 heavy (non-hydrogen) atoms. The Hall–Kier alpha value is -0.280. The Kier molecular flexibility index (Phi) is 6.81. The fourth-order valence-electron chi connectivity index (χ4n) is 2.24. The van der Waals surface area contributed by atoms with E-state index in [2.05, 4.69) is 17.1 Å². The third-order valence-corrected chi connectivity index (χ3v) is 3.49. The largest absolute Gasteiger partial charge is 0.355 e. The Labute approximate surface area is 104 Å². The van der Waals surface area contributed by atoms with Gasteiger partial charge in [-0.1, -0.05) is 6.92 Å². The molecule has 4 heteroatoms. The van der Waals surface area contributed by atoms with Crippen molar-refractivity contribution >= 4 is 17.5 Å². The molecular weight excluding hydrogens is 224 g/mol. The van der Waals surface area contributed by atoms with E-state index in [0.717, 1.165) is 25.9 Å². The Morgan fingerprint density at radius 3 is 3.00 bits per heavy atom. The van der Waals surface area contributed by atoms with Crippen molar-refractivity contribution in [2.24, 2.45) is 0 Å². The molecule has 1 aliphatic heterocycles. The van der Waals surface area contributed by atoms with Gasteiger partial charge in [0.05, 0.1) is 0 Å². The first-order chi connectivity index (χ1) is 7.77. The van der Waals surface area contributed by atoms with Gasteiger partial charge in [-0.2, -0.15) is 0 Å². The number of nitrogens with one attached hydrogen (secondary N) is 1. The van der Waals surface area contributed by atoms with E-state index < -0.39 is 0 Å². The number of hydrogen-bond acceptors (Lipinski definition) is 2. The summed E-state index contributed by atoms with van der Waals surface area (Å²) in [4.78, 5) is 13.9. The summed E-state index contributed by atoms with van der Waals surface area (Å²) < 4.78 is 0. The van der Waals surface area contributed by atoms with Crippen LogP contribution >= 0.6 is 11.6 Å². The first kappa shape index (κ1) is 13.8. The van der Waals surface area contributed by atoms with Crippen LogP contribution in [0.15, 0.2) is 0 Å². The topological polar surface area (TPSA) is 32.3 Å². The molecular formula is C12H23ClN2O. The number of likely N-dealkylation sites (tertiary alicyclic amines) is 1. The van der Waals surface area contributed by atoms with Gasteiger partial charge < -0.3 is 5.32 Å². The summed E-state index contributed by atoms with van der Waals surface area (Å²) in [5.74, 6) is 0.826. The lowest BCUT2D eigenvalue weighted by molar-refractivity contribution is -0.121. The lowest BCUT2D eigenvalue weighted by Gasteiger charge is -2.22. The summed E-state index contributed by atoms with van der Waals surface area (Å²) in [5, 5.41) is 3.02. The molecule has 0 bridgehead atoms. The second-order valence-corrected chi connectivity index (χ2v) is 4.75. The van der Waals surface area contributed by atoms with Gasteiger partial charge in [0.1, 0.15) is 0 Å². The van der Waals surface area contributed by atoms with E-state index in [-0.39, 0.29) is 5.91 Å². The summed E-state index contributed by atoms with van der Waals surface area (Å²) in [6.45, 7) is 5.27. The molecule has 1 aliphatic rings. The maximum atomic E-state index is 11.5. The number of nitrogens with zero attached hydrogens (tertiary/aromatic N) is 1. The normalized spacial score (nSPS) is 21.2. The predicted molar refractivity (Wildman–Crippen MR) is 67.8 cm³/mol. The van der Waals surface area contributed by atoms with Crippen LogP contribution in [-0.2, 0) is 4.79 Å². The van der Waals surface area contributed by atoms with E-state index >= 15 is 0 Å². The van der Waals surface area contributed by atoms with Crippen LogP contribution in [-0.4, -0.2) is 42.4 Å². The minimum Gasteiger partial charge on any atom is -0.355 e. The monoisotopic (exact) mass is 246 g/mol. The lowest BCUT2D eigenvalue weighted by atomic mass is 10.2. The standard InChI is InChI=1S/C12H23ClN2O/c1-2-15-9-5-6-11(15)10-14-12(16)7-3-4-8-13/h11H,2-10H2,1H3,(H,14,16). The molecule has 0 spiro atoms. The summed E-state index contributed by atoms with van der Waals surface area (Å²) in [5.41, 5.74) is 0. The number of unbranched alkanes of at least 4 members (excludes halogenated alkanes) is 1. The number of hydrogen-bond donors (Lipinski definition) is 1. The van der Waals surface area contributed by atoms with Gasteiger partial charge >= 0.3 is 0 Å². The minimum atomic E-state index is 0.174. The number of carbonyl (C=O) groups is 1. The minimum absolute atomic E-state index is 0.174. The average molecular weight is 247 g/mol. The SMILES string of the molecule is CCN1CCCC1CNC(=O)CCCCCl. The maximum Gasteiger partial charge on any atom is 0.220 e. The Balaban J connectivity index is 2.11. The molecule has 1 fully saturated rings. The summed E-state index contributed by atoms with van der Waals surface area (Å²) in [6, 6.07) is 0.557. The van der Waals surface area contributed by atoms with Crippen LogP contribution in [0.5, 0.6) is 0 Å². The van der Waals surface area contributed by atoms with E-state index in [1.165, 1.54) is 19.4 Å². The van der Waals surface area contributed by atoms with E-state index in [1.54, 1.807) is 0 Å². The first-order valence-electron chi connectivity index (χ1n) is 6.34. The van der Waals surface area contributed by atoms with E-state index in [4.69, 9.17) is 11.6 Å². The van der Waals surface area contributed by atoms with Crippen LogP contribution in [0.25, 0.3) is 0 Å². The predicted octanol–water partition coefficient (Wildman–Crippen LogP) is 2.00. The van der Waals surface area contributed by atoms with Crippen molar-refractivity contribution in [3.05, 3.63) is 0 Å². The second kappa shape index (κ2) is 7.91. The van der Waals surface area contributed by atoms with Crippen molar-refractivity contribution < 1.29 is 4.79 Å². The van der Waals surface area contributed by atoms with Crippen molar-refractivity contribution in [2.75, 3.05) is 25.5 Å². The number of amides is 1. The van der Waals surface area contributed by atoms with Crippen LogP contribution in [0.2, 0.25) is 0 Å². The van der Waals surface area contributed by atoms with Gasteiger partial charge in [0.2, 0.25) is 5.91 Å². The van der Waals surface area contributed by atoms with Crippen molar-refractivity contribution in [3.63, 3.8) is 0 Å². The summed E-state index contributed by atoms with van der Waals surface area (Å²) in [7, 11) is 0. The van der Waals surface area contributed by atoms with Crippen LogP contribution in [0.1, 0.15) is 39.0 Å². The molecule has 1 atom stereocenters. The van der Waals surface area contributed by atoms with Crippen molar-refractivity contribution in [1.82, 2.24) is 10.2 Å². The number of halogens is 1. The zero-order valence-electron chi connectivity index (χ0n) is 10.2. The van der Waals surface area contributed by atoms with Crippen molar-refractivity contribution in [2.45, 2.75) is 45.1 Å². The quantitative estimate of drug-likeness (QED) is 0.551. The summed E-state index contributed by atoms with van der Waals surface area (Å²) >= 11 is 5.57. The third kappa shape index (κ3) is 4.71. The highest BCUT2D eigenvalue weighted by molar-refractivity contribution is 6.17. The molecule has 1 saturated heterocycles. The van der Waals surface area contributed by atoms with E-state index in [9.17, 15) is 4.79 Å². The number of rotatable bonds is 7. The van der Waals surface area contributed by atoms with Gasteiger partial charge in [0.15, 0.2) is 0 Å². The maximum absolute atomic E-state index is 11.5. The highest BCUT2D eigenvalue weighted by atomic mass is 35.5. The van der Waals surface area contributed by atoms with Gasteiger partial charge in [0.25, 0.3) is 0 Å². The number of alkyl halides is 1. The molecule has 3 nitrogen and oxygen atoms in total. The van der Waals surface area contributed by atoms with Crippen LogP contribution < -0.4 is 5.32 Å². The van der Waals surface area contributed by atoms with Gasteiger partial charge in [0, 0.05) is 24.9 Å². The average Bonchev–Trinajstić information content (AvgIpc) is 2.74. The molecule has 1 N–H and O–H groups in total. The molecule has 1 heterocycles. The van der Waals surface area contributed by atoms with Gasteiger partial charge in [-0.15, -0.1) is 11.6 Å². The molecule has 0 aromatic carbocycles. The highest BCUT2D eigenvalue weighted by Crippen LogP contribution is 2.15. The molecule has 0 radical (unpaired) electrons. The number of likely N-dealkylation sites (N-methyl/N-ethyl adjacent to an activating group) is 1. The van der Waals surface area contributed by atoms with Gasteiger partial charge in [-0.05, 0) is 38.8 Å². The van der Waals surface area contributed by atoms with Gasteiger partial charge in [-0.25, -0.2) is 0 Å². The fraction of sp³-hybridized carbons (Fsp3) is 0.917. The molecule has 0 aromatic heterocycles.